The van der Waals surface area contributed by atoms with Crippen molar-refractivity contribution in [1.29, 1.82) is 0 Å². The minimum atomic E-state index is -1.15. The van der Waals surface area contributed by atoms with Crippen LogP contribution in [0.4, 0.5) is 5.69 Å². The van der Waals surface area contributed by atoms with Gasteiger partial charge in [-0.25, -0.2) is 9.78 Å². The van der Waals surface area contributed by atoms with E-state index in [1.807, 2.05) is 0 Å². The van der Waals surface area contributed by atoms with Gasteiger partial charge in [-0.15, -0.1) is 11.3 Å². The summed E-state index contributed by atoms with van der Waals surface area (Å²) in [5.74, 6) is -1.91. The van der Waals surface area contributed by atoms with E-state index in [1.165, 1.54) is 23.5 Å². The maximum atomic E-state index is 11.8. The Balaban J connectivity index is 2.20. The SMILES string of the molecule is Cc1nc(C(=O)Nc2ccc(C(=O)O)cc2O)cs1. The van der Waals surface area contributed by atoms with Crippen LogP contribution in [0.1, 0.15) is 25.9 Å². The van der Waals surface area contributed by atoms with Crippen molar-refractivity contribution in [2.75, 3.05) is 5.32 Å². The summed E-state index contributed by atoms with van der Waals surface area (Å²) in [6.45, 7) is 1.78. The molecule has 6 nitrogen and oxygen atoms in total. The second kappa shape index (κ2) is 5.07. The van der Waals surface area contributed by atoms with Crippen LogP contribution in [0.25, 0.3) is 0 Å². The molecule has 2 aromatic rings. The Hall–Kier alpha value is -2.41. The highest BCUT2D eigenvalue weighted by molar-refractivity contribution is 7.09. The highest BCUT2D eigenvalue weighted by Crippen LogP contribution is 2.25. The van der Waals surface area contributed by atoms with Crippen LogP contribution in [-0.2, 0) is 0 Å². The molecule has 0 unspecified atom stereocenters. The zero-order valence-electron chi connectivity index (χ0n) is 9.88. The smallest absolute Gasteiger partial charge is 0.335 e. The van der Waals surface area contributed by atoms with Gasteiger partial charge in [0.15, 0.2) is 0 Å². The lowest BCUT2D eigenvalue weighted by Crippen LogP contribution is -2.12. The van der Waals surface area contributed by atoms with Gasteiger partial charge < -0.3 is 15.5 Å². The number of aryl methyl sites for hydroxylation is 1. The second-order valence-electron chi connectivity index (χ2n) is 3.74. The number of benzene rings is 1. The number of thiazole rings is 1. The lowest BCUT2D eigenvalue weighted by molar-refractivity contribution is 0.0696. The van der Waals surface area contributed by atoms with Gasteiger partial charge in [0.2, 0.25) is 0 Å². The Morgan fingerprint density at radius 3 is 2.63 bits per heavy atom. The third-order valence-electron chi connectivity index (χ3n) is 2.34. The lowest BCUT2D eigenvalue weighted by atomic mass is 10.2. The number of aromatic carboxylic acids is 1. The molecule has 19 heavy (non-hydrogen) atoms. The molecule has 0 fully saturated rings. The van der Waals surface area contributed by atoms with Gasteiger partial charge in [0, 0.05) is 5.38 Å². The van der Waals surface area contributed by atoms with Crippen LogP contribution in [0.2, 0.25) is 0 Å². The highest BCUT2D eigenvalue weighted by atomic mass is 32.1. The molecule has 1 aromatic heterocycles. The minimum absolute atomic E-state index is 0.0556. The van der Waals surface area contributed by atoms with Gasteiger partial charge in [-0.1, -0.05) is 0 Å². The number of hydrogen-bond acceptors (Lipinski definition) is 5. The van der Waals surface area contributed by atoms with Crippen molar-refractivity contribution in [3.63, 3.8) is 0 Å². The Bertz CT molecular complexity index is 651. The van der Waals surface area contributed by atoms with Crippen molar-refractivity contribution in [3.05, 3.63) is 39.8 Å². The van der Waals surface area contributed by atoms with Crippen LogP contribution in [-0.4, -0.2) is 27.1 Å². The Morgan fingerprint density at radius 1 is 1.37 bits per heavy atom. The summed E-state index contributed by atoms with van der Waals surface area (Å²) in [5.41, 5.74) is 0.338. The number of carboxylic acid groups (broad SMARTS) is 1. The molecule has 2 rings (SSSR count). The summed E-state index contributed by atoms with van der Waals surface area (Å²) in [5, 5.41) is 23.2. The van der Waals surface area contributed by atoms with Gasteiger partial charge in [0.05, 0.1) is 16.3 Å². The number of aromatic hydroxyl groups is 1. The normalized spacial score (nSPS) is 10.2. The average molecular weight is 278 g/mol. The van der Waals surface area contributed by atoms with E-state index in [2.05, 4.69) is 10.3 Å². The van der Waals surface area contributed by atoms with E-state index in [4.69, 9.17) is 5.11 Å². The molecule has 1 amide bonds. The fraction of sp³-hybridized carbons (Fsp3) is 0.0833. The molecule has 0 aliphatic heterocycles. The first-order valence-corrected chi connectivity index (χ1v) is 6.15. The Labute approximate surface area is 112 Å². The largest absolute Gasteiger partial charge is 0.506 e. The minimum Gasteiger partial charge on any atom is -0.506 e. The number of nitrogens with zero attached hydrogens (tertiary/aromatic N) is 1. The average Bonchev–Trinajstić information content (AvgIpc) is 2.78. The number of nitrogens with one attached hydrogen (secondary N) is 1. The van der Waals surface area contributed by atoms with Crippen molar-refractivity contribution in [1.82, 2.24) is 4.98 Å². The van der Waals surface area contributed by atoms with Crippen molar-refractivity contribution in [2.45, 2.75) is 6.92 Å². The maximum absolute atomic E-state index is 11.8. The lowest BCUT2D eigenvalue weighted by Gasteiger charge is -2.06. The van der Waals surface area contributed by atoms with E-state index in [0.717, 1.165) is 11.1 Å². The summed E-state index contributed by atoms with van der Waals surface area (Å²) in [6.07, 6.45) is 0. The molecular formula is C12H10N2O4S. The summed E-state index contributed by atoms with van der Waals surface area (Å²) in [4.78, 5) is 26.5. The second-order valence-corrected chi connectivity index (χ2v) is 4.81. The number of carboxylic acids is 1. The summed E-state index contributed by atoms with van der Waals surface area (Å²) >= 11 is 1.34. The van der Waals surface area contributed by atoms with E-state index >= 15 is 0 Å². The monoisotopic (exact) mass is 278 g/mol. The fourth-order valence-electron chi connectivity index (χ4n) is 1.42. The number of aromatic nitrogens is 1. The van der Waals surface area contributed by atoms with Gasteiger partial charge >= 0.3 is 5.97 Å². The molecule has 0 saturated heterocycles. The molecule has 0 atom stereocenters. The van der Waals surface area contributed by atoms with Crippen molar-refractivity contribution in [2.24, 2.45) is 0 Å². The number of carbonyl (C=O) groups is 2. The molecule has 3 N–H and O–H groups in total. The van der Waals surface area contributed by atoms with Crippen LogP contribution in [0.3, 0.4) is 0 Å². The first-order chi connectivity index (χ1) is 8.97. The van der Waals surface area contributed by atoms with E-state index in [0.29, 0.717) is 0 Å². The van der Waals surface area contributed by atoms with Gasteiger partial charge in [-0.2, -0.15) is 0 Å². The highest BCUT2D eigenvalue weighted by Gasteiger charge is 2.13. The van der Waals surface area contributed by atoms with Crippen LogP contribution < -0.4 is 5.32 Å². The number of rotatable bonds is 3. The standard InChI is InChI=1S/C12H10N2O4S/c1-6-13-9(5-19-6)11(16)14-8-3-2-7(12(17)18)4-10(8)15/h2-5,15H,1H3,(H,14,16)(H,17,18). The molecule has 0 aliphatic carbocycles. The first kappa shape index (κ1) is 13.0. The van der Waals surface area contributed by atoms with Gasteiger partial charge in [-0.05, 0) is 25.1 Å². The van der Waals surface area contributed by atoms with E-state index in [9.17, 15) is 14.7 Å². The van der Waals surface area contributed by atoms with Crippen molar-refractivity contribution >= 4 is 28.9 Å². The van der Waals surface area contributed by atoms with Crippen LogP contribution in [0, 0.1) is 6.92 Å². The predicted octanol–water partition coefficient (Wildman–Crippen LogP) is 2.11. The zero-order valence-corrected chi connectivity index (χ0v) is 10.7. The maximum Gasteiger partial charge on any atom is 0.335 e. The molecular weight excluding hydrogens is 268 g/mol. The molecule has 7 heteroatoms. The van der Waals surface area contributed by atoms with E-state index in [-0.39, 0.29) is 22.7 Å². The van der Waals surface area contributed by atoms with Crippen molar-refractivity contribution in [3.8, 4) is 5.75 Å². The van der Waals surface area contributed by atoms with Gasteiger partial charge in [0.1, 0.15) is 11.4 Å². The third kappa shape index (κ3) is 2.89. The molecule has 0 saturated carbocycles. The first-order valence-electron chi connectivity index (χ1n) is 5.27. The fourth-order valence-corrected chi connectivity index (χ4v) is 2.02. The van der Waals surface area contributed by atoms with Crippen LogP contribution >= 0.6 is 11.3 Å². The molecule has 0 bridgehead atoms. The summed E-state index contributed by atoms with van der Waals surface area (Å²) in [6, 6.07) is 3.70. The van der Waals surface area contributed by atoms with Gasteiger partial charge in [0.25, 0.3) is 5.91 Å². The van der Waals surface area contributed by atoms with Gasteiger partial charge in [-0.3, -0.25) is 4.79 Å². The summed E-state index contributed by atoms with van der Waals surface area (Å²) < 4.78 is 0. The van der Waals surface area contributed by atoms with Crippen LogP contribution in [0.15, 0.2) is 23.6 Å². The predicted molar refractivity (Wildman–Crippen MR) is 69.9 cm³/mol. The zero-order chi connectivity index (χ0) is 14.0. The van der Waals surface area contributed by atoms with Crippen LogP contribution in [0.5, 0.6) is 5.75 Å². The molecule has 98 valence electrons. The van der Waals surface area contributed by atoms with Crippen molar-refractivity contribution < 1.29 is 19.8 Å². The molecule has 0 radical (unpaired) electrons. The Morgan fingerprint density at radius 2 is 2.11 bits per heavy atom. The number of anilines is 1. The molecule has 0 spiro atoms. The topological polar surface area (TPSA) is 99.5 Å². The third-order valence-corrected chi connectivity index (χ3v) is 3.12. The van der Waals surface area contributed by atoms with E-state index < -0.39 is 11.9 Å². The number of amides is 1. The summed E-state index contributed by atoms with van der Waals surface area (Å²) in [7, 11) is 0. The number of phenolic OH excluding ortho intramolecular Hbond substituents is 1. The Kier molecular flexibility index (Phi) is 3.48. The number of phenols is 1. The molecule has 0 aliphatic rings. The quantitative estimate of drug-likeness (QED) is 0.747. The molecule has 1 heterocycles. The number of hydrogen-bond donors (Lipinski definition) is 3. The molecule has 1 aromatic carbocycles. The number of carbonyl (C=O) groups excluding carboxylic acids is 1. The van der Waals surface area contributed by atoms with E-state index in [1.54, 1.807) is 12.3 Å².